The summed E-state index contributed by atoms with van der Waals surface area (Å²) in [5, 5.41) is 0. The van der Waals surface area contributed by atoms with Gasteiger partial charge in [0.25, 0.3) is 0 Å². The molecule has 0 aliphatic carbocycles. The second kappa shape index (κ2) is 14.6. The van der Waals surface area contributed by atoms with E-state index in [9.17, 15) is 4.79 Å². The van der Waals surface area contributed by atoms with Crippen LogP contribution in [0.15, 0.2) is 30.3 Å². The van der Waals surface area contributed by atoms with Gasteiger partial charge in [-0.25, -0.2) is 0 Å². The third-order valence-electron chi connectivity index (χ3n) is 3.46. The van der Waals surface area contributed by atoms with Gasteiger partial charge in [0, 0.05) is 6.42 Å². The Hall–Kier alpha value is -0.310. The second-order valence-electron chi connectivity index (χ2n) is 5.37. The van der Waals surface area contributed by atoms with Gasteiger partial charge in [0.1, 0.15) is 5.75 Å². The first-order valence-electron chi connectivity index (χ1n) is 8.08. The molecule has 0 atom stereocenters. The molecule has 1 rings (SSSR count). The van der Waals surface area contributed by atoms with Gasteiger partial charge in [0.15, 0.2) is 0 Å². The van der Waals surface area contributed by atoms with E-state index in [4.69, 9.17) is 4.74 Å². The van der Waals surface area contributed by atoms with Crippen LogP contribution in [0.2, 0.25) is 0 Å². The Morgan fingerprint density at radius 3 is 2.00 bits per heavy atom. The van der Waals surface area contributed by atoms with E-state index in [1.807, 2.05) is 30.3 Å². The third kappa shape index (κ3) is 12.0. The third-order valence-corrected chi connectivity index (χ3v) is 3.46. The summed E-state index contributed by atoms with van der Waals surface area (Å²) in [6.45, 7) is 2.24. The maximum Gasteiger partial charge on any atom is 1.00 e. The standard InChI is InChI=1S/C18H28O2.Na.H/c1-2-3-4-5-6-7-8-9-13-16-18(19)20-17-14-11-10-12-15-17;;/h10-12,14-15H,2-9,13,16H2,1H3;;/q;+1;-1. The molecule has 0 N–H and O–H groups in total. The molecule has 0 amide bonds. The van der Waals surface area contributed by atoms with Gasteiger partial charge in [0.2, 0.25) is 0 Å². The van der Waals surface area contributed by atoms with Crippen molar-refractivity contribution in [3.8, 4) is 5.75 Å². The van der Waals surface area contributed by atoms with Gasteiger partial charge >= 0.3 is 35.5 Å². The monoisotopic (exact) mass is 300 g/mol. The number of carbonyl (C=O) groups is 1. The summed E-state index contributed by atoms with van der Waals surface area (Å²) in [6.07, 6.45) is 11.9. The minimum Gasteiger partial charge on any atom is -1.00 e. The molecule has 0 spiro atoms. The molecule has 2 nitrogen and oxygen atoms in total. The Bertz CT molecular complexity index is 357. The smallest absolute Gasteiger partial charge is 1.00 e. The first kappa shape index (κ1) is 20.7. The van der Waals surface area contributed by atoms with E-state index >= 15 is 0 Å². The molecule has 3 heteroatoms. The summed E-state index contributed by atoms with van der Waals surface area (Å²) in [4.78, 5) is 11.6. The van der Waals surface area contributed by atoms with Gasteiger partial charge < -0.3 is 6.16 Å². The molecule has 0 aliphatic heterocycles. The Morgan fingerprint density at radius 1 is 0.905 bits per heavy atom. The van der Waals surface area contributed by atoms with Gasteiger partial charge in [-0.2, -0.15) is 0 Å². The number of benzene rings is 1. The van der Waals surface area contributed by atoms with E-state index in [0.29, 0.717) is 12.2 Å². The van der Waals surface area contributed by atoms with E-state index < -0.39 is 0 Å². The zero-order valence-electron chi connectivity index (χ0n) is 14.8. The molecule has 1 aromatic carbocycles. The van der Waals surface area contributed by atoms with Crippen LogP contribution in [0.5, 0.6) is 5.75 Å². The Kier molecular flexibility index (Phi) is 14.4. The summed E-state index contributed by atoms with van der Waals surface area (Å²) in [5.41, 5.74) is 0. The summed E-state index contributed by atoms with van der Waals surface area (Å²) in [5.74, 6) is 0.535. The molecular formula is C18H29NaO2. The van der Waals surface area contributed by atoms with Crippen LogP contribution in [0.3, 0.4) is 0 Å². The fourth-order valence-corrected chi connectivity index (χ4v) is 2.25. The maximum atomic E-state index is 11.6. The second-order valence-corrected chi connectivity index (χ2v) is 5.37. The first-order valence-corrected chi connectivity index (χ1v) is 8.08. The van der Waals surface area contributed by atoms with Gasteiger partial charge in [-0.15, -0.1) is 0 Å². The van der Waals surface area contributed by atoms with Crippen LogP contribution in [0.1, 0.15) is 72.6 Å². The van der Waals surface area contributed by atoms with Gasteiger partial charge in [0.05, 0.1) is 0 Å². The molecular weight excluding hydrogens is 271 g/mol. The molecule has 0 bridgehead atoms. The van der Waals surface area contributed by atoms with E-state index in [1.54, 1.807) is 0 Å². The molecule has 1 aromatic rings. The molecule has 21 heavy (non-hydrogen) atoms. The van der Waals surface area contributed by atoms with Crippen molar-refractivity contribution in [2.24, 2.45) is 0 Å². The van der Waals surface area contributed by atoms with Crippen molar-refractivity contribution in [2.75, 3.05) is 0 Å². The Labute approximate surface area is 153 Å². The minimum atomic E-state index is -0.112. The van der Waals surface area contributed by atoms with Crippen molar-refractivity contribution < 1.29 is 40.5 Å². The number of para-hydroxylation sites is 1. The number of carbonyl (C=O) groups excluding carboxylic acids is 1. The predicted octanol–water partition coefficient (Wildman–Crippen LogP) is 2.63. The number of hydrogen-bond donors (Lipinski definition) is 0. The van der Waals surface area contributed by atoms with Crippen molar-refractivity contribution in [1.82, 2.24) is 0 Å². The van der Waals surface area contributed by atoms with Crippen molar-refractivity contribution in [3.63, 3.8) is 0 Å². The predicted molar refractivity (Wildman–Crippen MR) is 85.0 cm³/mol. The van der Waals surface area contributed by atoms with Crippen LogP contribution in [-0.2, 0) is 4.79 Å². The Morgan fingerprint density at radius 2 is 1.43 bits per heavy atom. The average Bonchev–Trinajstić information content (AvgIpc) is 2.46. The molecule has 0 aliphatic rings. The van der Waals surface area contributed by atoms with Crippen LogP contribution in [0.25, 0.3) is 0 Å². The average molecular weight is 300 g/mol. The zero-order chi connectivity index (χ0) is 14.5. The summed E-state index contributed by atoms with van der Waals surface area (Å²) in [6, 6.07) is 9.29. The topological polar surface area (TPSA) is 26.3 Å². The number of unbranched alkanes of at least 4 members (excludes halogenated alkanes) is 8. The molecule has 0 radical (unpaired) electrons. The minimum absolute atomic E-state index is 0. The van der Waals surface area contributed by atoms with E-state index in [-0.39, 0.29) is 37.0 Å². The number of rotatable bonds is 11. The van der Waals surface area contributed by atoms with Gasteiger partial charge in [-0.05, 0) is 18.6 Å². The summed E-state index contributed by atoms with van der Waals surface area (Å²) >= 11 is 0. The zero-order valence-corrected chi connectivity index (χ0v) is 15.8. The van der Waals surface area contributed by atoms with E-state index in [2.05, 4.69) is 6.92 Å². The Balaban J connectivity index is 0. The summed E-state index contributed by atoms with van der Waals surface area (Å²) < 4.78 is 5.25. The van der Waals surface area contributed by atoms with Gasteiger partial charge in [-0.3, -0.25) is 4.79 Å². The number of hydrogen-bond acceptors (Lipinski definition) is 2. The van der Waals surface area contributed by atoms with Gasteiger partial charge in [-0.1, -0.05) is 76.5 Å². The molecule has 0 saturated heterocycles. The molecule has 114 valence electrons. The van der Waals surface area contributed by atoms with E-state index in [0.717, 1.165) is 12.8 Å². The van der Waals surface area contributed by atoms with E-state index in [1.165, 1.54) is 44.9 Å². The fourth-order valence-electron chi connectivity index (χ4n) is 2.25. The van der Waals surface area contributed by atoms with Crippen molar-refractivity contribution >= 4 is 5.97 Å². The maximum absolute atomic E-state index is 11.6. The fraction of sp³-hybridized carbons (Fsp3) is 0.611. The van der Waals surface area contributed by atoms with Crippen LogP contribution in [-0.4, -0.2) is 5.97 Å². The van der Waals surface area contributed by atoms with Crippen molar-refractivity contribution in [1.29, 1.82) is 0 Å². The first-order chi connectivity index (χ1) is 9.83. The summed E-state index contributed by atoms with van der Waals surface area (Å²) in [7, 11) is 0. The molecule has 0 unspecified atom stereocenters. The quantitative estimate of drug-likeness (QED) is 0.272. The largest absolute Gasteiger partial charge is 1.00 e. The molecule has 0 saturated carbocycles. The molecule has 0 heterocycles. The SMILES string of the molecule is CCCCCCCCCCCC(=O)Oc1ccccc1.[H-].[Na+]. The molecule has 0 aromatic heterocycles. The normalized spacial score (nSPS) is 9.95. The molecule has 0 fully saturated rings. The van der Waals surface area contributed by atoms with Crippen molar-refractivity contribution in [2.45, 2.75) is 71.1 Å². The van der Waals surface area contributed by atoms with Crippen LogP contribution in [0, 0.1) is 0 Å². The van der Waals surface area contributed by atoms with Crippen LogP contribution >= 0.6 is 0 Å². The van der Waals surface area contributed by atoms with Crippen LogP contribution < -0.4 is 34.3 Å². The van der Waals surface area contributed by atoms with Crippen LogP contribution in [0.4, 0.5) is 0 Å². The number of ether oxygens (including phenoxy) is 1. The van der Waals surface area contributed by atoms with Crippen molar-refractivity contribution in [3.05, 3.63) is 30.3 Å². The number of esters is 1.